The zero-order valence-corrected chi connectivity index (χ0v) is 11.9. The Morgan fingerprint density at radius 2 is 2.05 bits per heavy atom. The Bertz CT molecular complexity index is 294. The van der Waals surface area contributed by atoms with Crippen molar-refractivity contribution in [1.29, 1.82) is 0 Å². The lowest BCUT2D eigenvalue weighted by Crippen LogP contribution is -2.41. The molecule has 0 aromatic rings. The van der Waals surface area contributed by atoms with Crippen molar-refractivity contribution in [2.45, 2.75) is 44.9 Å². The van der Waals surface area contributed by atoms with Crippen molar-refractivity contribution < 1.29 is 14.7 Å². The number of hydrogen-bond donors (Lipinski definition) is 1. The molecule has 19 heavy (non-hydrogen) atoms. The van der Waals surface area contributed by atoms with Crippen LogP contribution in [0.15, 0.2) is 0 Å². The minimum atomic E-state index is 0.0132. The molecule has 1 N–H and O–H groups in total. The van der Waals surface area contributed by atoms with Crippen LogP contribution in [0.5, 0.6) is 0 Å². The van der Waals surface area contributed by atoms with Gasteiger partial charge in [0.15, 0.2) is 0 Å². The minimum absolute atomic E-state index is 0.0132. The van der Waals surface area contributed by atoms with Crippen LogP contribution in [0.2, 0.25) is 0 Å². The first-order valence-corrected chi connectivity index (χ1v) is 7.27. The summed E-state index contributed by atoms with van der Waals surface area (Å²) in [5, 5.41) is 8.69. The highest BCUT2D eigenvalue weighted by Gasteiger charge is 2.20. The first kappa shape index (κ1) is 16.0. The van der Waals surface area contributed by atoms with Crippen LogP contribution in [0.4, 0.5) is 0 Å². The van der Waals surface area contributed by atoms with Gasteiger partial charge in [-0.15, -0.1) is 0 Å². The summed E-state index contributed by atoms with van der Waals surface area (Å²) in [5.74, 6) is 0.124. The summed E-state index contributed by atoms with van der Waals surface area (Å²) < 4.78 is 0. The Labute approximate surface area is 115 Å². The van der Waals surface area contributed by atoms with Crippen LogP contribution < -0.4 is 0 Å². The molecule has 1 aliphatic heterocycles. The minimum Gasteiger partial charge on any atom is -0.396 e. The van der Waals surface area contributed by atoms with Crippen LogP contribution in [0, 0.1) is 0 Å². The average Bonchev–Trinajstić information content (AvgIpc) is 2.60. The second-order valence-electron chi connectivity index (χ2n) is 5.23. The van der Waals surface area contributed by atoms with E-state index >= 15 is 0 Å². The first-order chi connectivity index (χ1) is 9.15. The highest BCUT2D eigenvalue weighted by Crippen LogP contribution is 2.11. The summed E-state index contributed by atoms with van der Waals surface area (Å²) in [7, 11) is 1.78. The maximum Gasteiger partial charge on any atom is 0.241 e. The van der Waals surface area contributed by atoms with E-state index in [1.54, 1.807) is 16.8 Å². The molecule has 0 radical (unpaired) electrons. The molecule has 0 aliphatic carbocycles. The molecule has 1 fully saturated rings. The summed E-state index contributed by atoms with van der Waals surface area (Å²) >= 11 is 0. The summed E-state index contributed by atoms with van der Waals surface area (Å²) in [4.78, 5) is 27.2. The highest BCUT2D eigenvalue weighted by atomic mass is 16.3. The zero-order valence-electron chi connectivity index (χ0n) is 11.9. The maximum absolute atomic E-state index is 12.0. The Morgan fingerprint density at radius 1 is 1.26 bits per heavy atom. The number of amides is 2. The number of likely N-dealkylation sites (N-methyl/N-ethyl adjacent to an activating group) is 1. The predicted octanol–water partition coefficient (Wildman–Crippen LogP) is 1.01. The molecule has 0 atom stereocenters. The second kappa shape index (κ2) is 8.91. The van der Waals surface area contributed by atoms with Crippen LogP contribution in [-0.4, -0.2) is 60.0 Å². The number of rotatable bonds is 7. The fraction of sp³-hybridized carbons (Fsp3) is 0.857. The van der Waals surface area contributed by atoms with Gasteiger partial charge >= 0.3 is 0 Å². The third-order valence-electron chi connectivity index (χ3n) is 3.57. The molecule has 5 nitrogen and oxygen atoms in total. The lowest BCUT2D eigenvalue weighted by molar-refractivity contribution is -0.139. The van der Waals surface area contributed by atoms with Crippen LogP contribution in [0.25, 0.3) is 0 Å². The quantitative estimate of drug-likeness (QED) is 0.702. The lowest BCUT2D eigenvalue weighted by Gasteiger charge is -2.24. The van der Waals surface area contributed by atoms with E-state index in [1.165, 1.54) is 0 Å². The van der Waals surface area contributed by atoms with E-state index in [1.807, 2.05) is 0 Å². The van der Waals surface area contributed by atoms with Gasteiger partial charge in [0.2, 0.25) is 11.8 Å². The molecule has 1 rings (SSSR count). The van der Waals surface area contributed by atoms with Gasteiger partial charge in [0.25, 0.3) is 0 Å². The van der Waals surface area contributed by atoms with Gasteiger partial charge < -0.3 is 14.9 Å². The Kier molecular flexibility index (Phi) is 7.48. The molecule has 2 amide bonds. The number of unbranched alkanes of at least 4 members (excludes halogenated alkanes) is 2. The Balaban J connectivity index is 2.29. The fourth-order valence-corrected chi connectivity index (χ4v) is 2.25. The third kappa shape index (κ3) is 6.05. The normalized spacial score (nSPS) is 16.3. The molecule has 1 saturated heterocycles. The van der Waals surface area contributed by atoms with Crippen molar-refractivity contribution in [3.05, 3.63) is 0 Å². The average molecular weight is 270 g/mol. The molecule has 0 saturated carbocycles. The second-order valence-corrected chi connectivity index (χ2v) is 5.23. The fourth-order valence-electron chi connectivity index (χ4n) is 2.25. The van der Waals surface area contributed by atoms with Crippen LogP contribution in [0.1, 0.15) is 44.9 Å². The topological polar surface area (TPSA) is 60.9 Å². The van der Waals surface area contributed by atoms with Crippen LogP contribution in [-0.2, 0) is 9.59 Å². The third-order valence-corrected chi connectivity index (χ3v) is 3.57. The largest absolute Gasteiger partial charge is 0.396 e. The first-order valence-electron chi connectivity index (χ1n) is 7.27. The van der Waals surface area contributed by atoms with Crippen molar-refractivity contribution in [3.8, 4) is 0 Å². The van der Waals surface area contributed by atoms with Gasteiger partial charge in [-0.1, -0.05) is 6.42 Å². The number of nitrogens with zero attached hydrogens (tertiary/aromatic N) is 2. The van der Waals surface area contributed by atoms with Crippen molar-refractivity contribution in [3.63, 3.8) is 0 Å². The van der Waals surface area contributed by atoms with Gasteiger partial charge in [0, 0.05) is 33.2 Å². The SMILES string of the molecule is CN(CCCCCO)C(=O)CN1CCCCCC1=O. The van der Waals surface area contributed by atoms with Gasteiger partial charge in [-0.25, -0.2) is 0 Å². The molecule has 5 heteroatoms. The predicted molar refractivity (Wildman–Crippen MR) is 73.6 cm³/mol. The Morgan fingerprint density at radius 3 is 2.79 bits per heavy atom. The molecule has 110 valence electrons. The molecular formula is C14H26N2O3. The number of carbonyl (C=O) groups excluding carboxylic acids is 2. The number of aliphatic hydroxyl groups excluding tert-OH is 1. The molecule has 0 aromatic heterocycles. The molecule has 0 unspecified atom stereocenters. The number of likely N-dealkylation sites (tertiary alicyclic amines) is 1. The Hall–Kier alpha value is -1.10. The van der Waals surface area contributed by atoms with E-state index in [0.717, 1.165) is 38.5 Å². The van der Waals surface area contributed by atoms with E-state index < -0.39 is 0 Å². The van der Waals surface area contributed by atoms with Crippen LogP contribution in [0.3, 0.4) is 0 Å². The van der Waals surface area contributed by atoms with Gasteiger partial charge in [-0.2, -0.15) is 0 Å². The van der Waals surface area contributed by atoms with Crippen LogP contribution >= 0.6 is 0 Å². The summed E-state index contributed by atoms with van der Waals surface area (Å²) in [6, 6.07) is 0. The van der Waals surface area contributed by atoms with Gasteiger partial charge in [-0.3, -0.25) is 9.59 Å². The molecule has 1 aliphatic rings. The zero-order chi connectivity index (χ0) is 14.1. The molecular weight excluding hydrogens is 244 g/mol. The van der Waals surface area contributed by atoms with E-state index in [4.69, 9.17) is 5.11 Å². The van der Waals surface area contributed by atoms with Gasteiger partial charge in [0.05, 0.1) is 6.54 Å². The van der Waals surface area contributed by atoms with Gasteiger partial charge in [-0.05, 0) is 32.1 Å². The van der Waals surface area contributed by atoms with Crippen molar-refractivity contribution in [1.82, 2.24) is 9.80 Å². The summed E-state index contributed by atoms with van der Waals surface area (Å²) in [6.07, 6.45) is 6.21. The lowest BCUT2D eigenvalue weighted by atomic mass is 10.2. The molecule has 0 bridgehead atoms. The number of carbonyl (C=O) groups is 2. The van der Waals surface area contributed by atoms with E-state index in [-0.39, 0.29) is 25.0 Å². The number of aliphatic hydroxyl groups is 1. The van der Waals surface area contributed by atoms with E-state index in [2.05, 4.69) is 0 Å². The molecule has 0 aromatic carbocycles. The number of hydrogen-bond acceptors (Lipinski definition) is 3. The van der Waals surface area contributed by atoms with Crippen molar-refractivity contribution in [2.24, 2.45) is 0 Å². The maximum atomic E-state index is 12.0. The van der Waals surface area contributed by atoms with Gasteiger partial charge in [0.1, 0.15) is 0 Å². The van der Waals surface area contributed by atoms with Crippen molar-refractivity contribution in [2.75, 3.05) is 33.3 Å². The van der Waals surface area contributed by atoms with E-state index in [0.29, 0.717) is 19.5 Å². The monoisotopic (exact) mass is 270 g/mol. The molecule has 1 heterocycles. The molecule has 0 spiro atoms. The summed E-state index contributed by atoms with van der Waals surface area (Å²) in [6.45, 7) is 1.83. The standard InChI is InChI=1S/C14H26N2O3/c1-15(9-5-3-7-11-17)14(19)12-16-10-6-2-4-8-13(16)18/h17H,2-12H2,1H3. The highest BCUT2D eigenvalue weighted by molar-refractivity contribution is 5.84. The smallest absolute Gasteiger partial charge is 0.241 e. The summed E-state index contributed by atoms with van der Waals surface area (Å²) in [5.41, 5.74) is 0. The van der Waals surface area contributed by atoms with E-state index in [9.17, 15) is 9.59 Å². The van der Waals surface area contributed by atoms with Crippen molar-refractivity contribution >= 4 is 11.8 Å².